The van der Waals surface area contributed by atoms with Gasteiger partial charge in [0.25, 0.3) is 0 Å². The van der Waals surface area contributed by atoms with E-state index in [-0.39, 0.29) is 11.2 Å². The van der Waals surface area contributed by atoms with Gasteiger partial charge in [-0.2, -0.15) is 10.5 Å². The Morgan fingerprint density at radius 3 is 2.59 bits per heavy atom. The molecule has 0 radical (unpaired) electrons. The highest BCUT2D eigenvalue weighted by Gasteiger charge is 2.57. The average molecular weight is 419 g/mol. The Balaban J connectivity index is 1.63. The molecule has 0 amide bonds. The van der Waals surface area contributed by atoms with E-state index < -0.39 is 0 Å². The maximum atomic E-state index is 9.44. The van der Waals surface area contributed by atoms with Gasteiger partial charge in [0.1, 0.15) is 23.4 Å². The smallest absolute Gasteiger partial charge is 0.140 e. The fraction of sp³-hybridized carbons (Fsp3) is 0.393. The van der Waals surface area contributed by atoms with Crippen molar-refractivity contribution in [2.75, 3.05) is 4.90 Å². The highest BCUT2D eigenvalue weighted by molar-refractivity contribution is 5.74. The molecule has 4 nitrogen and oxygen atoms in total. The van der Waals surface area contributed by atoms with Crippen LogP contribution in [-0.2, 0) is 0 Å². The summed E-state index contributed by atoms with van der Waals surface area (Å²) in [6.45, 7) is 0. The molecule has 32 heavy (non-hydrogen) atoms. The quantitative estimate of drug-likeness (QED) is 0.666. The number of benzene rings is 2. The minimum atomic E-state index is -0.241. The van der Waals surface area contributed by atoms with Gasteiger partial charge in [-0.05, 0) is 68.2 Å². The van der Waals surface area contributed by atoms with Crippen molar-refractivity contribution in [3.63, 3.8) is 0 Å². The summed E-state index contributed by atoms with van der Waals surface area (Å²) in [4.78, 5) is 8.03. The third kappa shape index (κ3) is 2.63. The lowest BCUT2D eigenvalue weighted by Gasteiger charge is -2.56. The van der Waals surface area contributed by atoms with E-state index in [1.807, 2.05) is 18.2 Å². The van der Waals surface area contributed by atoms with Gasteiger partial charge in [0.15, 0.2) is 0 Å². The Bertz CT molecular complexity index is 1310. The molecule has 1 fully saturated rings. The summed E-state index contributed by atoms with van der Waals surface area (Å²) in [5, 5.41) is 20.6. The third-order valence-corrected chi connectivity index (χ3v) is 8.02. The second-order valence-corrected chi connectivity index (χ2v) is 9.55. The van der Waals surface area contributed by atoms with E-state index >= 15 is 0 Å². The Morgan fingerprint density at radius 1 is 0.969 bits per heavy atom. The first-order chi connectivity index (χ1) is 15.8. The number of hydrogen-bond acceptors (Lipinski definition) is 4. The Hall–Kier alpha value is -3.37. The van der Waals surface area contributed by atoms with Crippen molar-refractivity contribution < 1.29 is 0 Å². The van der Waals surface area contributed by atoms with Crippen LogP contribution >= 0.6 is 0 Å². The molecule has 6 rings (SSSR count). The Morgan fingerprint density at radius 2 is 1.78 bits per heavy atom. The van der Waals surface area contributed by atoms with Gasteiger partial charge in [0.2, 0.25) is 0 Å². The molecule has 2 heterocycles. The zero-order valence-corrected chi connectivity index (χ0v) is 18.2. The highest BCUT2D eigenvalue weighted by Crippen LogP contribution is 2.59. The van der Waals surface area contributed by atoms with E-state index in [0.717, 1.165) is 30.3 Å². The van der Waals surface area contributed by atoms with Gasteiger partial charge in [0.05, 0.1) is 11.0 Å². The maximum absolute atomic E-state index is 9.44. The van der Waals surface area contributed by atoms with Gasteiger partial charge in [-0.1, -0.05) is 42.8 Å². The lowest BCUT2D eigenvalue weighted by molar-refractivity contribution is 0.156. The third-order valence-electron chi connectivity index (χ3n) is 8.02. The fourth-order valence-electron chi connectivity index (χ4n) is 6.81. The predicted molar refractivity (Wildman–Crippen MR) is 124 cm³/mol. The Labute approximate surface area is 188 Å². The summed E-state index contributed by atoms with van der Waals surface area (Å²) in [6, 6.07) is 21.2. The van der Waals surface area contributed by atoms with Crippen LogP contribution in [-0.4, -0.2) is 5.66 Å². The van der Waals surface area contributed by atoms with Crippen molar-refractivity contribution in [1.29, 1.82) is 10.5 Å². The van der Waals surface area contributed by atoms with Crippen molar-refractivity contribution in [3.8, 4) is 12.1 Å². The molecule has 4 heteroatoms. The summed E-state index contributed by atoms with van der Waals surface area (Å²) < 4.78 is 0. The average Bonchev–Trinajstić information content (AvgIpc) is 3.17. The van der Waals surface area contributed by atoms with Gasteiger partial charge in [0, 0.05) is 22.8 Å². The molecule has 1 saturated carbocycles. The molecular formula is C28H26N4. The van der Waals surface area contributed by atoms with Crippen LogP contribution < -0.4 is 15.5 Å². The van der Waals surface area contributed by atoms with Crippen LogP contribution in [0, 0.1) is 28.6 Å². The van der Waals surface area contributed by atoms with E-state index in [1.54, 1.807) is 5.57 Å². The summed E-state index contributed by atoms with van der Waals surface area (Å²) in [6.07, 6.45) is 9.39. The Kier molecular flexibility index (Phi) is 4.44. The molecule has 2 aromatic rings. The van der Waals surface area contributed by atoms with Crippen LogP contribution in [0.3, 0.4) is 0 Å². The van der Waals surface area contributed by atoms with Crippen molar-refractivity contribution >= 4 is 11.3 Å². The molecule has 2 aliphatic carbocycles. The fourth-order valence-corrected chi connectivity index (χ4v) is 6.81. The number of allylic oxidation sites excluding steroid dienone is 2. The molecule has 0 saturated heterocycles. The summed E-state index contributed by atoms with van der Waals surface area (Å²) in [5.41, 5.74) is 5.52. The monoisotopic (exact) mass is 418 g/mol. The molecule has 0 N–H and O–H groups in total. The summed E-state index contributed by atoms with van der Waals surface area (Å²) in [5.74, 6) is 0.877. The first kappa shape index (κ1) is 19.3. The first-order valence-corrected chi connectivity index (χ1v) is 11.9. The number of nitriles is 2. The molecule has 0 unspecified atom stereocenters. The van der Waals surface area contributed by atoms with Crippen LogP contribution in [0.5, 0.6) is 0 Å². The molecular weight excluding hydrogens is 392 g/mol. The maximum Gasteiger partial charge on any atom is 0.140 e. The molecule has 0 bridgehead atoms. The minimum Gasteiger partial charge on any atom is -0.318 e. The highest BCUT2D eigenvalue weighted by atomic mass is 15.4. The van der Waals surface area contributed by atoms with Crippen LogP contribution in [0.4, 0.5) is 5.69 Å². The van der Waals surface area contributed by atoms with Crippen LogP contribution in [0.25, 0.3) is 5.57 Å². The molecule has 1 spiro atoms. The number of hydrogen-bond donors (Lipinski definition) is 0. The lowest BCUT2D eigenvalue weighted by Crippen LogP contribution is -2.57. The predicted octanol–water partition coefficient (Wildman–Crippen LogP) is 4.84. The van der Waals surface area contributed by atoms with E-state index in [1.165, 1.54) is 43.4 Å². The number of anilines is 1. The summed E-state index contributed by atoms with van der Waals surface area (Å²) >= 11 is 0. The number of nitrogens with zero attached hydrogens (tertiary/aromatic N) is 4. The zero-order chi connectivity index (χ0) is 21.7. The van der Waals surface area contributed by atoms with Crippen LogP contribution in [0.2, 0.25) is 0 Å². The van der Waals surface area contributed by atoms with Gasteiger partial charge in [-0.25, -0.2) is 0 Å². The van der Waals surface area contributed by atoms with E-state index in [9.17, 15) is 10.5 Å². The van der Waals surface area contributed by atoms with Crippen molar-refractivity contribution in [1.82, 2.24) is 0 Å². The van der Waals surface area contributed by atoms with E-state index in [0.29, 0.717) is 17.1 Å². The standard InChI is InChI=1S/C28H26N4/c29-17-21(18-30)20-13-14-24-26(16-20)32-25-12-5-4-10-22(25)27(19-8-2-1-3-9-19)23-11-6-7-15-28(23,32)31-24/h1-3,8-9,13-14,16,23,27H,4-7,10-12,15H2/t23-,27-,28-/m0/s1. The largest absolute Gasteiger partial charge is 0.318 e. The zero-order valence-electron chi connectivity index (χ0n) is 18.2. The van der Waals surface area contributed by atoms with Gasteiger partial charge in [-0.15, -0.1) is 0 Å². The lowest BCUT2D eigenvalue weighted by atomic mass is 9.62. The molecule has 158 valence electrons. The second kappa shape index (κ2) is 7.35. The van der Waals surface area contributed by atoms with E-state index in [2.05, 4.69) is 47.4 Å². The summed E-state index contributed by atoms with van der Waals surface area (Å²) in [7, 11) is 0. The van der Waals surface area contributed by atoms with Crippen molar-refractivity contribution in [2.45, 2.75) is 62.9 Å². The van der Waals surface area contributed by atoms with Gasteiger partial charge in [-0.3, -0.25) is 4.99 Å². The number of fused-ring (bicyclic) bond motifs is 3. The van der Waals surface area contributed by atoms with Crippen LogP contribution in [0.15, 0.2) is 64.8 Å². The second-order valence-electron chi connectivity index (χ2n) is 9.55. The minimum absolute atomic E-state index is 0.172. The molecule has 2 aliphatic heterocycles. The molecule has 0 aromatic heterocycles. The van der Waals surface area contributed by atoms with Gasteiger partial charge >= 0.3 is 0 Å². The first-order valence-electron chi connectivity index (χ1n) is 11.9. The molecule has 3 atom stereocenters. The molecule has 4 aliphatic rings. The van der Waals surface area contributed by atoms with Crippen molar-refractivity contribution in [2.24, 2.45) is 10.9 Å². The topological polar surface area (TPSA) is 63.2 Å². The van der Waals surface area contributed by atoms with Crippen molar-refractivity contribution in [3.05, 3.63) is 75.9 Å². The number of rotatable bonds is 1. The normalized spacial score (nSPS) is 27.8. The SMILES string of the molecule is N#CC(C#N)=c1ccc2c(c1)N1C3=C(CCCC3)[C@H](c3ccccc3)[C@@H]3CCCC[C@@]31N=2. The van der Waals surface area contributed by atoms with Crippen LogP contribution in [0.1, 0.15) is 62.8 Å². The van der Waals surface area contributed by atoms with Gasteiger partial charge < -0.3 is 4.90 Å². The molecule has 2 aromatic carbocycles. The van der Waals surface area contributed by atoms with E-state index in [4.69, 9.17) is 4.99 Å².